The van der Waals surface area contributed by atoms with Crippen LogP contribution in [0.3, 0.4) is 0 Å². The summed E-state index contributed by atoms with van der Waals surface area (Å²) in [5.74, 6) is -0.00695. The third-order valence-electron chi connectivity index (χ3n) is 4.44. The van der Waals surface area contributed by atoms with Crippen LogP contribution >= 0.6 is 23.1 Å². The summed E-state index contributed by atoms with van der Waals surface area (Å²) in [6.07, 6.45) is 5.06. The van der Waals surface area contributed by atoms with Gasteiger partial charge in [-0.1, -0.05) is 29.5 Å². The molecule has 128 valence electrons. The van der Waals surface area contributed by atoms with Crippen LogP contribution in [0.2, 0.25) is 0 Å². The lowest BCUT2D eigenvalue weighted by atomic mass is 10.2. The first-order chi connectivity index (χ1) is 12.1. The van der Waals surface area contributed by atoms with E-state index in [2.05, 4.69) is 15.3 Å². The molecule has 1 aliphatic rings. The number of rotatable bonds is 4. The van der Waals surface area contributed by atoms with Gasteiger partial charge in [0.25, 0.3) is 0 Å². The zero-order chi connectivity index (χ0) is 17.4. The van der Waals surface area contributed by atoms with Gasteiger partial charge in [0.1, 0.15) is 16.2 Å². The van der Waals surface area contributed by atoms with E-state index in [4.69, 9.17) is 0 Å². The molecule has 0 fully saturated rings. The first-order valence-corrected chi connectivity index (χ1v) is 10.1. The van der Waals surface area contributed by atoms with Crippen molar-refractivity contribution >= 4 is 44.9 Å². The van der Waals surface area contributed by atoms with Crippen LogP contribution in [0.5, 0.6) is 0 Å². The Kier molecular flexibility index (Phi) is 4.48. The molecule has 1 amide bonds. The van der Waals surface area contributed by atoms with Gasteiger partial charge in [0, 0.05) is 16.0 Å². The van der Waals surface area contributed by atoms with Crippen LogP contribution in [0.4, 0.5) is 5.69 Å². The average molecular weight is 370 g/mol. The summed E-state index contributed by atoms with van der Waals surface area (Å²) < 4.78 is 0. The second-order valence-electron chi connectivity index (χ2n) is 6.33. The standard InChI is InChI=1S/C19H19N3OS2/c1-11-6-8-13(9-7-11)22-17(23)12(2)24-18-16-14-4-3-5-15(14)25-19(16)21-10-20-18/h6-10,12H,3-5H2,1-2H3,(H,22,23). The number of anilines is 1. The number of amides is 1. The molecule has 0 radical (unpaired) electrons. The fraction of sp³-hybridized carbons (Fsp3) is 0.316. The molecule has 1 N–H and O–H groups in total. The van der Waals surface area contributed by atoms with Crippen molar-refractivity contribution in [3.8, 4) is 0 Å². The van der Waals surface area contributed by atoms with Crippen molar-refractivity contribution in [2.75, 3.05) is 5.32 Å². The van der Waals surface area contributed by atoms with Crippen molar-refractivity contribution in [1.29, 1.82) is 0 Å². The van der Waals surface area contributed by atoms with E-state index in [1.165, 1.54) is 39.6 Å². The fourth-order valence-corrected chi connectivity index (χ4v) is 5.33. The van der Waals surface area contributed by atoms with Gasteiger partial charge in [0.2, 0.25) is 5.91 Å². The van der Waals surface area contributed by atoms with E-state index >= 15 is 0 Å². The maximum atomic E-state index is 12.5. The fourth-order valence-electron chi connectivity index (χ4n) is 3.09. The summed E-state index contributed by atoms with van der Waals surface area (Å²) in [6, 6.07) is 7.85. The Morgan fingerprint density at radius 3 is 2.84 bits per heavy atom. The lowest BCUT2D eigenvalue weighted by molar-refractivity contribution is -0.115. The highest BCUT2D eigenvalue weighted by Crippen LogP contribution is 2.40. The summed E-state index contributed by atoms with van der Waals surface area (Å²) >= 11 is 3.29. The van der Waals surface area contributed by atoms with Crippen molar-refractivity contribution in [1.82, 2.24) is 9.97 Å². The predicted molar refractivity (Wildman–Crippen MR) is 105 cm³/mol. The van der Waals surface area contributed by atoms with Crippen molar-refractivity contribution < 1.29 is 4.79 Å². The number of carbonyl (C=O) groups excluding carboxylic acids is 1. The van der Waals surface area contributed by atoms with Gasteiger partial charge < -0.3 is 5.32 Å². The van der Waals surface area contributed by atoms with E-state index < -0.39 is 0 Å². The maximum absolute atomic E-state index is 12.5. The smallest absolute Gasteiger partial charge is 0.237 e. The number of hydrogen-bond acceptors (Lipinski definition) is 5. The zero-order valence-corrected chi connectivity index (χ0v) is 15.8. The summed E-state index contributed by atoms with van der Waals surface area (Å²) in [6.45, 7) is 3.96. The van der Waals surface area contributed by atoms with Gasteiger partial charge in [-0.3, -0.25) is 4.79 Å². The molecule has 0 saturated carbocycles. The quantitative estimate of drug-likeness (QED) is 0.539. The summed E-state index contributed by atoms with van der Waals surface area (Å²) in [4.78, 5) is 23.9. The molecule has 0 spiro atoms. The molecule has 2 heterocycles. The second-order valence-corrected chi connectivity index (χ2v) is 8.74. The van der Waals surface area contributed by atoms with E-state index in [1.807, 2.05) is 38.1 Å². The Labute approximate surface area is 155 Å². The second kappa shape index (κ2) is 6.77. The predicted octanol–water partition coefficient (Wildman–Crippen LogP) is 4.61. The molecular formula is C19H19N3OS2. The van der Waals surface area contributed by atoms with Gasteiger partial charge in [-0.15, -0.1) is 11.3 Å². The zero-order valence-electron chi connectivity index (χ0n) is 14.2. The van der Waals surface area contributed by atoms with Crippen LogP contribution in [-0.2, 0) is 17.6 Å². The first-order valence-electron chi connectivity index (χ1n) is 8.41. The highest BCUT2D eigenvalue weighted by Gasteiger charge is 2.23. The molecule has 1 aliphatic carbocycles. The SMILES string of the molecule is Cc1ccc(NC(=O)C(C)Sc2ncnc3sc4c(c23)CCC4)cc1. The number of fused-ring (bicyclic) bond motifs is 3. The molecule has 4 rings (SSSR count). The topological polar surface area (TPSA) is 54.9 Å². The number of aromatic nitrogens is 2. The number of nitrogens with one attached hydrogen (secondary N) is 1. The van der Waals surface area contributed by atoms with E-state index in [0.29, 0.717) is 0 Å². The van der Waals surface area contributed by atoms with Gasteiger partial charge in [-0.2, -0.15) is 0 Å². The van der Waals surface area contributed by atoms with Crippen LogP contribution in [0.15, 0.2) is 35.6 Å². The van der Waals surface area contributed by atoms with Gasteiger partial charge in [-0.05, 0) is 50.8 Å². The lowest BCUT2D eigenvalue weighted by Crippen LogP contribution is -2.22. The van der Waals surface area contributed by atoms with E-state index in [0.717, 1.165) is 28.4 Å². The van der Waals surface area contributed by atoms with Crippen LogP contribution in [0.1, 0.15) is 29.3 Å². The largest absolute Gasteiger partial charge is 0.325 e. The van der Waals surface area contributed by atoms with Gasteiger partial charge in [-0.25, -0.2) is 9.97 Å². The Bertz CT molecular complexity index is 934. The third-order valence-corrected chi connectivity index (χ3v) is 6.74. The minimum Gasteiger partial charge on any atom is -0.325 e. The van der Waals surface area contributed by atoms with Crippen molar-refractivity contribution in [3.63, 3.8) is 0 Å². The normalized spacial score (nSPS) is 14.5. The molecule has 1 aromatic carbocycles. The number of carbonyl (C=O) groups is 1. The molecule has 1 atom stereocenters. The molecule has 0 bridgehead atoms. The van der Waals surface area contributed by atoms with Gasteiger partial charge in [0.15, 0.2) is 0 Å². The van der Waals surface area contributed by atoms with Gasteiger partial charge >= 0.3 is 0 Å². The van der Waals surface area contributed by atoms with E-state index in [-0.39, 0.29) is 11.2 Å². The Hall–Kier alpha value is -1.92. The minimum atomic E-state index is -0.226. The number of thiophene rings is 1. The Balaban J connectivity index is 1.54. The number of aryl methyl sites for hydroxylation is 3. The van der Waals surface area contributed by atoms with Crippen LogP contribution in [0.25, 0.3) is 10.2 Å². The molecule has 2 aromatic heterocycles. The van der Waals surface area contributed by atoms with E-state index in [1.54, 1.807) is 17.7 Å². The number of benzene rings is 1. The molecule has 25 heavy (non-hydrogen) atoms. The summed E-state index contributed by atoms with van der Waals surface area (Å²) in [5, 5.41) is 4.85. The molecular weight excluding hydrogens is 350 g/mol. The average Bonchev–Trinajstić information content (AvgIpc) is 3.18. The van der Waals surface area contributed by atoms with Crippen molar-refractivity contribution in [2.45, 2.75) is 43.4 Å². The van der Waals surface area contributed by atoms with Crippen molar-refractivity contribution in [2.24, 2.45) is 0 Å². The monoisotopic (exact) mass is 369 g/mol. The maximum Gasteiger partial charge on any atom is 0.237 e. The third kappa shape index (κ3) is 3.28. The Morgan fingerprint density at radius 1 is 1.24 bits per heavy atom. The van der Waals surface area contributed by atoms with Gasteiger partial charge in [0.05, 0.1) is 5.25 Å². The highest BCUT2D eigenvalue weighted by molar-refractivity contribution is 8.00. The molecule has 0 aliphatic heterocycles. The highest BCUT2D eigenvalue weighted by atomic mass is 32.2. The van der Waals surface area contributed by atoms with Crippen LogP contribution < -0.4 is 5.32 Å². The molecule has 1 unspecified atom stereocenters. The molecule has 6 heteroatoms. The number of hydrogen-bond donors (Lipinski definition) is 1. The summed E-state index contributed by atoms with van der Waals surface area (Å²) in [5.41, 5.74) is 3.40. The van der Waals surface area contributed by atoms with E-state index in [9.17, 15) is 4.79 Å². The molecule has 3 aromatic rings. The summed E-state index contributed by atoms with van der Waals surface area (Å²) in [7, 11) is 0. The van der Waals surface area contributed by atoms with Crippen molar-refractivity contribution in [3.05, 3.63) is 46.6 Å². The molecule has 4 nitrogen and oxygen atoms in total. The lowest BCUT2D eigenvalue weighted by Gasteiger charge is -2.12. The molecule has 0 saturated heterocycles. The van der Waals surface area contributed by atoms with Crippen LogP contribution in [-0.4, -0.2) is 21.1 Å². The minimum absolute atomic E-state index is 0.00695. The number of nitrogens with zero attached hydrogens (tertiary/aromatic N) is 2. The van der Waals surface area contributed by atoms with Crippen LogP contribution in [0, 0.1) is 6.92 Å². The Morgan fingerprint density at radius 2 is 2.04 bits per heavy atom. The first kappa shape index (κ1) is 16.5. The number of thioether (sulfide) groups is 1.